The average molecular weight is 490 g/mol. The van der Waals surface area contributed by atoms with E-state index in [0.717, 1.165) is 29.8 Å². The lowest BCUT2D eigenvalue weighted by molar-refractivity contribution is -0.127. The molecule has 27 heavy (non-hydrogen) atoms. The van der Waals surface area contributed by atoms with Gasteiger partial charge in [-0.3, -0.25) is 4.79 Å². The minimum atomic E-state index is -0.272. The van der Waals surface area contributed by atoms with Crippen molar-refractivity contribution >= 4 is 35.8 Å². The Kier molecular flexibility index (Phi) is 11.4. The molecule has 0 aliphatic carbocycles. The predicted octanol–water partition coefficient (Wildman–Crippen LogP) is 3.32. The Morgan fingerprint density at radius 3 is 2.44 bits per heavy atom. The number of nitrogens with one attached hydrogen (secondary N) is 2. The number of hydrogen-bond acceptors (Lipinski definition) is 3. The highest BCUT2D eigenvalue weighted by Gasteiger charge is 2.15. The molecular weight excluding hydrogens is 455 g/mol. The van der Waals surface area contributed by atoms with Crippen molar-refractivity contribution in [3.8, 4) is 5.75 Å². The molecule has 0 bridgehead atoms. The zero-order valence-corrected chi connectivity index (χ0v) is 20.0. The van der Waals surface area contributed by atoms with Crippen LogP contribution in [-0.4, -0.2) is 49.6 Å². The first-order valence-corrected chi connectivity index (χ1v) is 9.13. The molecule has 0 saturated heterocycles. The van der Waals surface area contributed by atoms with E-state index in [2.05, 4.69) is 28.6 Å². The maximum atomic E-state index is 11.8. The molecule has 154 valence electrons. The van der Waals surface area contributed by atoms with Crippen molar-refractivity contribution in [2.75, 3.05) is 27.2 Å². The van der Waals surface area contributed by atoms with Crippen molar-refractivity contribution in [3.63, 3.8) is 0 Å². The molecule has 0 atom stereocenters. The number of nitrogens with zero attached hydrogens (tertiary/aromatic N) is 2. The van der Waals surface area contributed by atoms with Crippen LogP contribution in [0.25, 0.3) is 0 Å². The Hall–Kier alpha value is -1.51. The maximum absolute atomic E-state index is 11.8. The quantitative estimate of drug-likeness (QED) is 0.350. The van der Waals surface area contributed by atoms with E-state index in [-0.39, 0.29) is 42.0 Å². The number of guanidine groups is 1. The van der Waals surface area contributed by atoms with Gasteiger partial charge in [0.15, 0.2) is 5.96 Å². The Bertz CT molecular complexity index is 625. The Morgan fingerprint density at radius 1 is 1.22 bits per heavy atom. The summed E-state index contributed by atoms with van der Waals surface area (Å²) in [5, 5.41) is 6.33. The summed E-state index contributed by atoms with van der Waals surface area (Å²) >= 11 is 0. The van der Waals surface area contributed by atoms with E-state index in [1.807, 2.05) is 39.8 Å². The van der Waals surface area contributed by atoms with Crippen molar-refractivity contribution in [2.45, 2.75) is 53.2 Å². The van der Waals surface area contributed by atoms with Crippen LogP contribution in [0, 0.1) is 6.92 Å². The van der Waals surface area contributed by atoms with E-state index in [1.165, 1.54) is 0 Å². The fraction of sp³-hybridized carbons (Fsp3) is 0.600. The van der Waals surface area contributed by atoms with Gasteiger partial charge in [0.1, 0.15) is 11.4 Å². The third-order valence-electron chi connectivity index (χ3n) is 3.49. The van der Waals surface area contributed by atoms with Gasteiger partial charge in [-0.1, -0.05) is 19.1 Å². The van der Waals surface area contributed by atoms with E-state index in [1.54, 1.807) is 19.0 Å². The minimum absolute atomic E-state index is 0. The van der Waals surface area contributed by atoms with Gasteiger partial charge in [0.25, 0.3) is 0 Å². The molecule has 6 nitrogen and oxygen atoms in total. The Morgan fingerprint density at radius 2 is 1.89 bits per heavy atom. The van der Waals surface area contributed by atoms with Crippen LogP contribution in [0.4, 0.5) is 0 Å². The molecule has 1 rings (SSSR count). The largest absolute Gasteiger partial charge is 0.488 e. The minimum Gasteiger partial charge on any atom is -0.488 e. The zero-order chi connectivity index (χ0) is 19.7. The van der Waals surface area contributed by atoms with Gasteiger partial charge in [0.2, 0.25) is 5.91 Å². The topological polar surface area (TPSA) is 66.0 Å². The molecule has 1 aromatic rings. The molecule has 0 radical (unpaired) electrons. The number of rotatable bonds is 7. The highest BCUT2D eigenvalue weighted by molar-refractivity contribution is 14.0. The van der Waals surface area contributed by atoms with Gasteiger partial charge in [-0.05, 0) is 45.7 Å². The number of hydrogen-bond donors (Lipinski definition) is 2. The first-order chi connectivity index (χ1) is 12.1. The second kappa shape index (κ2) is 12.0. The van der Waals surface area contributed by atoms with Crippen LogP contribution in [0.5, 0.6) is 5.75 Å². The highest BCUT2D eigenvalue weighted by Crippen LogP contribution is 2.25. The number of carbonyl (C=O) groups excluding carboxylic acids is 1. The lowest BCUT2D eigenvalue weighted by Crippen LogP contribution is -2.43. The highest BCUT2D eigenvalue weighted by atomic mass is 127. The van der Waals surface area contributed by atoms with Gasteiger partial charge < -0.3 is 20.3 Å². The number of amides is 1. The summed E-state index contributed by atoms with van der Waals surface area (Å²) in [5.41, 5.74) is 1.89. The molecule has 1 amide bonds. The fourth-order valence-electron chi connectivity index (χ4n) is 2.12. The summed E-state index contributed by atoms with van der Waals surface area (Å²) < 4.78 is 6.09. The third-order valence-corrected chi connectivity index (χ3v) is 3.49. The summed E-state index contributed by atoms with van der Waals surface area (Å²) in [7, 11) is 3.48. The summed E-state index contributed by atoms with van der Waals surface area (Å²) in [6.45, 7) is 11.7. The van der Waals surface area contributed by atoms with Crippen LogP contribution in [0.1, 0.15) is 45.2 Å². The summed E-state index contributed by atoms with van der Waals surface area (Å²) in [5.74, 6) is 1.48. The lowest BCUT2D eigenvalue weighted by atomic mass is 10.1. The van der Waals surface area contributed by atoms with Gasteiger partial charge in [0.05, 0.1) is 13.1 Å². The number of carbonyl (C=O) groups is 1. The van der Waals surface area contributed by atoms with Crippen molar-refractivity contribution in [2.24, 2.45) is 4.99 Å². The normalized spacial score (nSPS) is 11.4. The number of ether oxygens (including phenoxy) is 1. The number of benzene rings is 1. The second-order valence-electron chi connectivity index (χ2n) is 7.56. The molecule has 0 saturated carbocycles. The van der Waals surface area contributed by atoms with Crippen LogP contribution in [0.2, 0.25) is 0 Å². The van der Waals surface area contributed by atoms with Crippen molar-refractivity contribution in [1.29, 1.82) is 0 Å². The van der Waals surface area contributed by atoms with Gasteiger partial charge in [-0.2, -0.15) is 0 Å². The molecule has 1 aromatic carbocycles. The molecule has 0 heterocycles. The average Bonchev–Trinajstić information content (AvgIpc) is 2.53. The molecule has 0 fully saturated rings. The van der Waals surface area contributed by atoms with E-state index in [0.29, 0.717) is 12.5 Å². The number of likely N-dealkylation sites (N-methyl/N-ethyl adjacent to an activating group) is 1. The van der Waals surface area contributed by atoms with Crippen LogP contribution in [0.15, 0.2) is 23.2 Å². The van der Waals surface area contributed by atoms with Crippen LogP contribution in [0.3, 0.4) is 0 Å². The Labute approximate surface area is 181 Å². The fourth-order valence-corrected chi connectivity index (χ4v) is 2.12. The predicted molar refractivity (Wildman–Crippen MR) is 123 cm³/mol. The second-order valence-corrected chi connectivity index (χ2v) is 7.56. The number of halogens is 1. The van der Waals surface area contributed by atoms with Crippen LogP contribution < -0.4 is 15.4 Å². The van der Waals surface area contributed by atoms with Crippen LogP contribution >= 0.6 is 24.0 Å². The monoisotopic (exact) mass is 490 g/mol. The standard InChI is InChI=1S/C20H34N4O2.HI/c1-8-11-21-19(23-14-18(25)24(6)7)22-13-16-10-9-15(2)12-17(16)26-20(3,4)5;/h9-10,12H,8,11,13-14H2,1-7H3,(H2,21,22,23);1H. The van der Waals surface area contributed by atoms with Gasteiger partial charge >= 0.3 is 0 Å². The maximum Gasteiger partial charge on any atom is 0.241 e. The van der Waals surface area contributed by atoms with Crippen molar-refractivity contribution < 1.29 is 9.53 Å². The molecule has 7 heteroatoms. The van der Waals surface area contributed by atoms with E-state index < -0.39 is 0 Å². The molecule has 2 N–H and O–H groups in total. The van der Waals surface area contributed by atoms with Crippen molar-refractivity contribution in [3.05, 3.63) is 29.3 Å². The number of aliphatic imine (C=N–C) groups is 1. The summed E-state index contributed by atoms with van der Waals surface area (Å²) in [4.78, 5) is 18.0. The SMILES string of the molecule is CCCNC(=NCc1ccc(C)cc1OC(C)(C)C)NCC(=O)N(C)C.I. The van der Waals surface area contributed by atoms with E-state index in [9.17, 15) is 4.79 Å². The molecule has 0 unspecified atom stereocenters. The first kappa shape index (κ1) is 25.5. The van der Waals surface area contributed by atoms with Gasteiger partial charge in [0, 0.05) is 26.2 Å². The first-order valence-electron chi connectivity index (χ1n) is 9.13. The number of aryl methyl sites for hydroxylation is 1. The summed E-state index contributed by atoms with van der Waals surface area (Å²) in [6.07, 6.45) is 0.977. The van der Waals surface area contributed by atoms with Crippen molar-refractivity contribution in [1.82, 2.24) is 15.5 Å². The zero-order valence-electron chi connectivity index (χ0n) is 17.7. The summed E-state index contributed by atoms with van der Waals surface area (Å²) in [6, 6.07) is 6.14. The Balaban J connectivity index is 0.00000676. The van der Waals surface area contributed by atoms with Gasteiger partial charge in [-0.15, -0.1) is 24.0 Å². The molecule has 0 aromatic heterocycles. The molecule has 0 aliphatic rings. The van der Waals surface area contributed by atoms with Gasteiger partial charge in [-0.25, -0.2) is 4.99 Å². The van der Waals surface area contributed by atoms with E-state index >= 15 is 0 Å². The molecular formula is C20H35IN4O2. The molecule has 0 spiro atoms. The smallest absolute Gasteiger partial charge is 0.241 e. The third kappa shape index (κ3) is 10.4. The van der Waals surface area contributed by atoms with E-state index in [4.69, 9.17) is 4.74 Å². The van der Waals surface area contributed by atoms with Crippen LogP contribution in [-0.2, 0) is 11.3 Å². The molecule has 0 aliphatic heterocycles. The lowest BCUT2D eigenvalue weighted by Gasteiger charge is -2.23.